The summed E-state index contributed by atoms with van der Waals surface area (Å²) < 4.78 is 0. The Hall–Kier alpha value is -2.66. The predicted octanol–water partition coefficient (Wildman–Crippen LogP) is 2.82. The number of hydrogen-bond acceptors (Lipinski definition) is 3. The van der Waals surface area contributed by atoms with E-state index >= 15 is 0 Å². The van der Waals surface area contributed by atoms with Crippen LogP contribution >= 0.6 is 0 Å². The van der Waals surface area contributed by atoms with Crippen LogP contribution in [0.1, 0.15) is 35.3 Å². The molecule has 0 saturated carbocycles. The van der Waals surface area contributed by atoms with Gasteiger partial charge in [-0.05, 0) is 29.2 Å². The molecule has 0 heterocycles. The van der Waals surface area contributed by atoms with Gasteiger partial charge in [-0.2, -0.15) is 0 Å². The van der Waals surface area contributed by atoms with Crippen molar-refractivity contribution >= 4 is 11.9 Å². The van der Waals surface area contributed by atoms with E-state index in [9.17, 15) is 14.7 Å². The van der Waals surface area contributed by atoms with E-state index in [0.717, 1.165) is 12.1 Å². The third kappa shape index (κ3) is 5.72. The SMILES string of the molecule is CC(C)[C@H](NC(=O)c1cccc(CNCc2ccccc2)c1)C(=O)O. The average Bonchev–Trinajstić information content (AvgIpc) is 2.60. The molecule has 0 aliphatic heterocycles. The van der Waals surface area contributed by atoms with Gasteiger partial charge in [0, 0.05) is 18.7 Å². The molecule has 5 nitrogen and oxygen atoms in total. The number of nitrogens with one attached hydrogen (secondary N) is 2. The quantitative estimate of drug-likeness (QED) is 0.690. The van der Waals surface area contributed by atoms with Crippen molar-refractivity contribution < 1.29 is 14.7 Å². The molecule has 0 aromatic heterocycles. The highest BCUT2D eigenvalue weighted by Gasteiger charge is 2.23. The van der Waals surface area contributed by atoms with Crippen molar-refractivity contribution in [3.8, 4) is 0 Å². The fraction of sp³-hybridized carbons (Fsp3) is 0.300. The number of carboxylic acids is 1. The van der Waals surface area contributed by atoms with Gasteiger partial charge in [-0.3, -0.25) is 4.79 Å². The lowest BCUT2D eigenvalue weighted by Crippen LogP contribution is -2.44. The second-order valence-electron chi connectivity index (χ2n) is 6.32. The van der Waals surface area contributed by atoms with Crippen LogP contribution in [0.5, 0.6) is 0 Å². The van der Waals surface area contributed by atoms with Crippen LogP contribution in [0, 0.1) is 5.92 Å². The minimum absolute atomic E-state index is 0.183. The highest BCUT2D eigenvalue weighted by molar-refractivity contribution is 5.96. The summed E-state index contributed by atoms with van der Waals surface area (Å²) in [4.78, 5) is 23.5. The van der Waals surface area contributed by atoms with Gasteiger partial charge < -0.3 is 15.7 Å². The van der Waals surface area contributed by atoms with Crippen molar-refractivity contribution in [3.63, 3.8) is 0 Å². The highest BCUT2D eigenvalue weighted by Crippen LogP contribution is 2.08. The molecule has 25 heavy (non-hydrogen) atoms. The topological polar surface area (TPSA) is 78.4 Å². The van der Waals surface area contributed by atoms with Gasteiger partial charge in [0.15, 0.2) is 0 Å². The monoisotopic (exact) mass is 340 g/mol. The highest BCUT2D eigenvalue weighted by atomic mass is 16.4. The molecule has 1 amide bonds. The van der Waals surface area contributed by atoms with E-state index in [2.05, 4.69) is 22.8 Å². The molecular formula is C20H24N2O3. The minimum Gasteiger partial charge on any atom is -0.480 e. The molecule has 5 heteroatoms. The van der Waals surface area contributed by atoms with Crippen molar-refractivity contribution in [2.75, 3.05) is 0 Å². The number of rotatable bonds is 8. The molecular weight excluding hydrogens is 316 g/mol. The summed E-state index contributed by atoms with van der Waals surface area (Å²) in [7, 11) is 0. The zero-order valence-corrected chi connectivity index (χ0v) is 14.5. The molecule has 132 valence electrons. The normalized spacial score (nSPS) is 12.0. The Kier molecular flexibility index (Phi) is 6.71. The van der Waals surface area contributed by atoms with E-state index in [4.69, 9.17) is 0 Å². The number of aliphatic carboxylic acids is 1. The Labute approximate surface area is 148 Å². The second-order valence-corrected chi connectivity index (χ2v) is 6.32. The van der Waals surface area contributed by atoms with Gasteiger partial charge in [0.25, 0.3) is 5.91 Å². The molecule has 2 aromatic rings. The van der Waals surface area contributed by atoms with Gasteiger partial charge in [-0.15, -0.1) is 0 Å². The van der Waals surface area contributed by atoms with Crippen LogP contribution in [-0.2, 0) is 17.9 Å². The van der Waals surface area contributed by atoms with Crippen LogP contribution in [0.2, 0.25) is 0 Å². The third-order valence-corrected chi connectivity index (χ3v) is 3.91. The van der Waals surface area contributed by atoms with E-state index < -0.39 is 12.0 Å². The first-order valence-electron chi connectivity index (χ1n) is 8.34. The van der Waals surface area contributed by atoms with Crippen molar-refractivity contribution in [1.29, 1.82) is 0 Å². The summed E-state index contributed by atoms with van der Waals surface area (Å²) in [6, 6.07) is 16.4. The van der Waals surface area contributed by atoms with E-state index in [-0.39, 0.29) is 11.8 Å². The molecule has 2 rings (SSSR count). The fourth-order valence-corrected chi connectivity index (χ4v) is 2.51. The Morgan fingerprint density at radius 2 is 1.60 bits per heavy atom. The molecule has 0 fully saturated rings. The second kappa shape index (κ2) is 8.99. The van der Waals surface area contributed by atoms with Crippen molar-refractivity contribution in [2.45, 2.75) is 33.0 Å². The van der Waals surface area contributed by atoms with Crippen molar-refractivity contribution in [2.24, 2.45) is 5.92 Å². The van der Waals surface area contributed by atoms with E-state index in [0.29, 0.717) is 12.1 Å². The van der Waals surface area contributed by atoms with E-state index in [1.54, 1.807) is 32.0 Å². The minimum atomic E-state index is -1.02. The summed E-state index contributed by atoms with van der Waals surface area (Å²) >= 11 is 0. The number of amides is 1. The summed E-state index contributed by atoms with van der Waals surface area (Å²) in [6.45, 7) is 4.90. The van der Waals surface area contributed by atoms with Gasteiger partial charge in [0.1, 0.15) is 6.04 Å². The van der Waals surface area contributed by atoms with Crippen LogP contribution in [0.4, 0.5) is 0 Å². The molecule has 1 atom stereocenters. The maximum absolute atomic E-state index is 12.3. The molecule has 0 radical (unpaired) electrons. The standard InChI is InChI=1S/C20H24N2O3/c1-14(2)18(20(24)25)22-19(23)17-10-6-9-16(11-17)13-21-12-15-7-4-3-5-8-15/h3-11,14,18,21H,12-13H2,1-2H3,(H,22,23)(H,24,25)/t18-/m0/s1. The largest absolute Gasteiger partial charge is 0.480 e. The van der Waals surface area contributed by atoms with Gasteiger partial charge in [-0.1, -0.05) is 56.3 Å². The third-order valence-electron chi connectivity index (χ3n) is 3.91. The zero-order valence-electron chi connectivity index (χ0n) is 14.5. The molecule has 2 aromatic carbocycles. The lowest BCUT2D eigenvalue weighted by Gasteiger charge is -2.18. The van der Waals surface area contributed by atoms with Crippen LogP contribution in [0.25, 0.3) is 0 Å². The van der Waals surface area contributed by atoms with E-state index in [1.165, 1.54) is 5.56 Å². The van der Waals surface area contributed by atoms with Gasteiger partial charge >= 0.3 is 5.97 Å². The summed E-state index contributed by atoms with van der Waals surface area (Å²) in [6.07, 6.45) is 0. The lowest BCUT2D eigenvalue weighted by molar-refractivity contribution is -0.140. The average molecular weight is 340 g/mol. The molecule has 0 bridgehead atoms. The van der Waals surface area contributed by atoms with Crippen LogP contribution in [0.3, 0.4) is 0 Å². The first-order valence-corrected chi connectivity index (χ1v) is 8.34. The molecule has 0 spiro atoms. The Bertz CT molecular complexity index is 714. The first-order chi connectivity index (χ1) is 12.0. The number of hydrogen-bond donors (Lipinski definition) is 3. The first kappa shape index (κ1) is 18.7. The number of benzene rings is 2. The smallest absolute Gasteiger partial charge is 0.326 e. The predicted molar refractivity (Wildman–Crippen MR) is 97.2 cm³/mol. The van der Waals surface area contributed by atoms with Crippen LogP contribution in [0.15, 0.2) is 54.6 Å². The summed E-state index contributed by atoms with van der Waals surface area (Å²) in [5.41, 5.74) is 2.63. The van der Waals surface area contributed by atoms with Gasteiger partial charge in [-0.25, -0.2) is 4.79 Å². The lowest BCUT2D eigenvalue weighted by atomic mass is 10.0. The molecule has 0 aliphatic rings. The summed E-state index contributed by atoms with van der Waals surface area (Å²) in [5, 5.41) is 15.1. The maximum Gasteiger partial charge on any atom is 0.326 e. The molecule has 3 N–H and O–H groups in total. The fourth-order valence-electron chi connectivity index (χ4n) is 2.51. The number of carbonyl (C=O) groups excluding carboxylic acids is 1. The Morgan fingerprint density at radius 1 is 0.960 bits per heavy atom. The van der Waals surface area contributed by atoms with Crippen molar-refractivity contribution in [3.05, 3.63) is 71.3 Å². The number of carboxylic acid groups (broad SMARTS) is 1. The summed E-state index contributed by atoms with van der Waals surface area (Å²) in [5.74, 6) is -1.58. The van der Waals surface area contributed by atoms with Gasteiger partial charge in [0.2, 0.25) is 0 Å². The molecule has 0 saturated heterocycles. The zero-order chi connectivity index (χ0) is 18.2. The number of carbonyl (C=O) groups is 2. The molecule has 0 unspecified atom stereocenters. The van der Waals surface area contributed by atoms with Gasteiger partial charge in [0.05, 0.1) is 0 Å². The Morgan fingerprint density at radius 3 is 2.24 bits per heavy atom. The molecule has 0 aliphatic carbocycles. The van der Waals surface area contributed by atoms with E-state index in [1.807, 2.05) is 24.3 Å². The van der Waals surface area contributed by atoms with Crippen molar-refractivity contribution in [1.82, 2.24) is 10.6 Å². The maximum atomic E-state index is 12.3. The van der Waals surface area contributed by atoms with Crippen LogP contribution < -0.4 is 10.6 Å². The Balaban J connectivity index is 1.95. The van der Waals surface area contributed by atoms with Crippen LogP contribution in [-0.4, -0.2) is 23.0 Å².